The summed E-state index contributed by atoms with van der Waals surface area (Å²) in [5, 5.41) is 4.70. The Morgan fingerprint density at radius 1 is 1.33 bits per heavy atom. The molecule has 1 saturated carbocycles. The number of rotatable bonds is 2. The molecular formula is C10H9ClN4. The third kappa shape index (κ3) is 1.72. The Bertz CT molecular complexity index is 490. The summed E-state index contributed by atoms with van der Waals surface area (Å²) in [6.45, 7) is 0. The van der Waals surface area contributed by atoms with E-state index in [1.807, 2.05) is 12.3 Å². The summed E-state index contributed by atoms with van der Waals surface area (Å²) in [4.78, 5) is 7.92. The molecular weight excluding hydrogens is 212 g/mol. The average Bonchev–Trinajstić information content (AvgIpc) is 2.97. The molecule has 0 aliphatic heterocycles. The number of hydrogen-bond acceptors (Lipinski definition) is 3. The highest BCUT2D eigenvalue weighted by atomic mass is 35.5. The van der Waals surface area contributed by atoms with E-state index < -0.39 is 0 Å². The molecule has 0 unspecified atom stereocenters. The van der Waals surface area contributed by atoms with E-state index in [2.05, 4.69) is 15.1 Å². The summed E-state index contributed by atoms with van der Waals surface area (Å²) < 4.78 is 1.74. The SMILES string of the molecule is Clc1nccc(-n2ccc(C3CC3)n2)n1. The fourth-order valence-electron chi connectivity index (χ4n) is 1.52. The van der Waals surface area contributed by atoms with Crippen molar-refractivity contribution < 1.29 is 0 Å². The number of hydrogen-bond donors (Lipinski definition) is 0. The van der Waals surface area contributed by atoms with E-state index in [0.29, 0.717) is 11.7 Å². The van der Waals surface area contributed by atoms with Gasteiger partial charge in [0.2, 0.25) is 5.28 Å². The zero-order chi connectivity index (χ0) is 10.3. The van der Waals surface area contributed by atoms with Gasteiger partial charge in [0.15, 0.2) is 5.82 Å². The van der Waals surface area contributed by atoms with Crippen molar-refractivity contribution in [3.63, 3.8) is 0 Å². The van der Waals surface area contributed by atoms with Gasteiger partial charge in [0, 0.05) is 24.4 Å². The van der Waals surface area contributed by atoms with Gasteiger partial charge in [0.1, 0.15) is 0 Å². The standard InChI is InChI=1S/C10H9ClN4/c11-10-12-5-3-9(13-10)15-6-4-8(14-15)7-1-2-7/h3-7H,1-2H2. The van der Waals surface area contributed by atoms with E-state index in [0.717, 1.165) is 5.69 Å². The van der Waals surface area contributed by atoms with Gasteiger partial charge < -0.3 is 0 Å². The van der Waals surface area contributed by atoms with Crippen molar-refractivity contribution in [2.45, 2.75) is 18.8 Å². The van der Waals surface area contributed by atoms with Crippen LogP contribution in [0, 0.1) is 0 Å². The molecule has 4 nitrogen and oxygen atoms in total. The lowest BCUT2D eigenvalue weighted by Gasteiger charge is -1.99. The Morgan fingerprint density at radius 2 is 2.20 bits per heavy atom. The highest BCUT2D eigenvalue weighted by Gasteiger charge is 2.25. The minimum absolute atomic E-state index is 0.246. The molecule has 0 amide bonds. The van der Waals surface area contributed by atoms with Crippen molar-refractivity contribution in [1.29, 1.82) is 0 Å². The molecule has 2 heterocycles. The molecule has 3 rings (SSSR count). The molecule has 76 valence electrons. The molecule has 5 heteroatoms. The van der Waals surface area contributed by atoms with Gasteiger partial charge in [-0.05, 0) is 30.5 Å². The summed E-state index contributed by atoms with van der Waals surface area (Å²) in [6.07, 6.45) is 6.04. The van der Waals surface area contributed by atoms with E-state index >= 15 is 0 Å². The third-order valence-electron chi connectivity index (χ3n) is 2.45. The average molecular weight is 221 g/mol. The van der Waals surface area contributed by atoms with Gasteiger partial charge >= 0.3 is 0 Å². The predicted molar refractivity (Wildman–Crippen MR) is 56.1 cm³/mol. The molecule has 0 N–H and O–H groups in total. The van der Waals surface area contributed by atoms with Crippen LogP contribution in [0.2, 0.25) is 5.28 Å². The molecule has 0 bridgehead atoms. The maximum Gasteiger partial charge on any atom is 0.224 e. The number of halogens is 1. The van der Waals surface area contributed by atoms with E-state index in [1.165, 1.54) is 12.8 Å². The van der Waals surface area contributed by atoms with Crippen LogP contribution in [-0.2, 0) is 0 Å². The summed E-state index contributed by atoms with van der Waals surface area (Å²) >= 11 is 5.71. The van der Waals surface area contributed by atoms with Crippen LogP contribution in [0.3, 0.4) is 0 Å². The van der Waals surface area contributed by atoms with Crippen molar-refractivity contribution >= 4 is 11.6 Å². The molecule has 0 atom stereocenters. The second-order valence-electron chi connectivity index (χ2n) is 3.64. The lowest BCUT2D eigenvalue weighted by Crippen LogP contribution is -1.99. The summed E-state index contributed by atoms with van der Waals surface area (Å²) in [5.74, 6) is 1.37. The molecule has 0 aromatic carbocycles. The first-order valence-electron chi connectivity index (χ1n) is 4.87. The monoisotopic (exact) mass is 220 g/mol. The van der Waals surface area contributed by atoms with Crippen molar-refractivity contribution in [3.8, 4) is 5.82 Å². The molecule has 1 fully saturated rings. The molecule has 2 aromatic heterocycles. The minimum atomic E-state index is 0.246. The van der Waals surface area contributed by atoms with E-state index in [9.17, 15) is 0 Å². The van der Waals surface area contributed by atoms with Crippen molar-refractivity contribution in [3.05, 3.63) is 35.5 Å². The van der Waals surface area contributed by atoms with Gasteiger partial charge in [0.05, 0.1) is 5.69 Å². The van der Waals surface area contributed by atoms with Crippen LogP contribution in [0.4, 0.5) is 0 Å². The van der Waals surface area contributed by atoms with Crippen LogP contribution in [0.5, 0.6) is 0 Å². The topological polar surface area (TPSA) is 43.6 Å². The Morgan fingerprint density at radius 3 is 2.93 bits per heavy atom. The highest BCUT2D eigenvalue weighted by molar-refractivity contribution is 6.28. The Balaban J connectivity index is 1.97. The first-order valence-corrected chi connectivity index (χ1v) is 5.25. The van der Waals surface area contributed by atoms with Crippen molar-refractivity contribution in [2.75, 3.05) is 0 Å². The molecule has 0 spiro atoms. The summed E-state index contributed by atoms with van der Waals surface area (Å²) in [7, 11) is 0. The van der Waals surface area contributed by atoms with Crippen molar-refractivity contribution in [2.24, 2.45) is 0 Å². The number of nitrogens with zero attached hydrogens (tertiary/aromatic N) is 4. The van der Waals surface area contributed by atoms with Crippen LogP contribution in [0.25, 0.3) is 5.82 Å². The lowest BCUT2D eigenvalue weighted by molar-refractivity contribution is 0.808. The molecule has 1 aliphatic carbocycles. The number of aromatic nitrogens is 4. The maximum absolute atomic E-state index is 5.71. The van der Waals surface area contributed by atoms with Crippen LogP contribution in [0.1, 0.15) is 24.5 Å². The first kappa shape index (κ1) is 8.85. The second kappa shape index (κ2) is 3.31. The van der Waals surface area contributed by atoms with Gasteiger partial charge in [-0.15, -0.1) is 0 Å². The summed E-state index contributed by atoms with van der Waals surface area (Å²) in [5.41, 5.74) is 1.14. The van der Waals surface area contributed by atoms with Crippen LogP contribution < -0.4 is 0 Å². The van der Waals surface area contributed by atoms with Crippen molar-refractivity contribution in [1.82, 2.24) is 19.7 Å². The Labute approximate surface area is 91.9 Å². The quantitative estimate of drug-likeness (QED) is 0.729. The van der Waals surface area contributed by atoms with Crippen LogP contribution >= 0.6 is 11.6 Å². The van der Waals surface area contributed by atoms with Crippen LogP contribution in [-0.4, -0.2) is 19.7 Å². The van der Waals surface area contributed by atoms with Crippen LogP contribution in [0.15, 0.2) is 24.5 Å². The first-order chi connectivity index (χ1) is 7.33. The van der Waals surface area contributed by atoms with E-state index in [1.54, 1.807) is 16.9 Å². The normalized spacial score (nSPS) is 15.5. The molecule has 1 aliphatic rings. The fourth-order valence-corrected chi connectivity index (χ4v) is 1.66. The Hall–Kier alpha value is -1.42. The van der Waals surface area contributed by atoms with Gasteiger partial charge in [-0.2, -0.15) is 10.1 Å². The minimum Gasteiger partial charge on any atom is -0.226 e. The molecule has 15 heavy (non-hydrogen) atoms. The zero-order valence-electron chi connectivity index (χ0n) is 7.97. The van der Waals surface area contributed by atoms with Gasteiger partial charge in [-0.3, -0.25) is 0 Å². The molecule has 0 radical (unpaired) electrons. The van der Waals surface area contributed by atoms with Gasteiger partial charge in [0.25, 0.3) is 0 Å². The highest BCUT2D eigenvalue weighted by Crippen LogP contribution is 2.38. The smallest absolute Gasteiger partial charge is 0.224 e. The molecule has 0 saturated heterocycles. The fraction of sp³-hybridized carbons (Fsp3) is 0.300. The van der Waals surface area contributed by atoms with E-state index in [-0.39, 0.29) is 5.28 Å². The largest absolute Gasteiger partial charge is 0.226 e. The Kier molecular flexibility index (Phi) is 1.95. The lowest BCUT2D eigenvalue weighted by atomic mass is 10.3. The van der Waals surface area contributed by atoms with Gasteiger partial charge in [-0.25, -0.2) is 9.67 Å². The van der Waals surface area contributed by atoms with E-state index in [4.69, 9.17) is 11.6 Å². The maximum atomic E-state index is 5.71. The third-order valence-corrected chi connectivity index (χ3v) is 2.63. The second-order valence-corrected chi connectivity index (χ2v) is 3.98. The van der Waals surface area contributed by atoms with Gasteiger partial charge in [-0.1, -0.05) is 0 Å². The predicted octanol–water partition coefficient (Wildman–Crippen LogP) is 2.19. The summed E-state index contributed by atoms with van der Waals surface area (Å²) in [6, 6.07) is 3.82. The zero-order valence-corrected chi connectivity index (χ0v) is 8.72. The molecule has 2 aromatic rings.